The summed E-state index contributed by atoms with van der Waals surface area (Å²) >= 11 is 1.32. The van der Waals surface area contributed by atoms with E-state index in [9.17, 15) is 9.59 Å². The van der Waals surface area contributed by atoms with Gasteiger partial charge in [0.2, 0.25) is 5.91 Å². The zero-order valence-corrected chi connectivity index (χ0v) is 13.0. The standard InChI is InChI=1S/C15H15N3O3S/c1-21-9-5-3-8(4-6-9)10-7-11(19)16-13-12(10)14(20)18-15(17-13)22-2/h3-6,10H,7H2,1-2H3,(H2,16,17,18,19,20). The van der Waals surface area contributed by atoms with Gasteiger partial charge in [0, 0.05) is 12.3 Å². The molecule has 22 heavy (non-hydrogen) atoms. The van der Waals surface area contributed by atoms with Gasteiger partial charge in [-0.15, -0.1) is 0 Å². The molecule has 7 heteroatoms. The maximum Gasteiger partial charge on any atom is 0.257 e. The maximum absolute atomic E-state index is 12.4. The summed E-state index contributed by atoms with van der Waals surface area (Å²) < 4.78 is 5.14. The summed E-state index contributed by atoms with van der Waals surface area (Å²) in [6.07, 6.45) is 2.04. The molecular formula is C15H15N3O3S. The molecule has 6 nitrogen and oxygen atoms in total. The molecule has 1 aromatic heterocycles. The van der Waals surface area contributed by atoms with Crippen LogP contribution in [-0.4, -0.2) is 29.2 Å². The average Bonchev–Trinajstić information content (AvgIpc) is 2.53. The third-order valence-electron chi connectivity index (χ3n) is 3.64. The number of aromatic amines is 1. The number of thioether (sulfide) groups is 1. The predicted molar refractivity (Wildman–Crippen MR) is 84.7 cm³/mol. The lowest BCUT2D eigenvalue weighted by atomic mass is 9.87. The summed E-state index contributed by atoms with van der Waals surface area (Å²) in [6.45, 7) is 0. The second-order valence-corrected chi connectivity index (χ2v) is 5.71. The fourth-order valence-corrected chi connectivity index (χ4v) is 2.95. The topological polar surface area (TPSA) is 84.1 Å². The minimum atomic E-state index is -0.304. The van der Waals surface area contributed by atoms with Gasteiger partial charge in [0.25, 0.3) is 5.56 Å². The number of nitrogens with one attached hydrogen (secondary N) is 2. The second kappa shape index (κ2) is 5.84. The van der Waals surface area contributed by atoms with Crippen LogP contribution in [-0.2, 0) is 4.79 Å². The summed E-state index contributed by atoms with van der Waals surface area (Å²) in [5.41, 5.74) is 1.18. The van der Waals surface area contributed by atoms with Gasteiger partial charge in [-0.2, -0.15) is 0 Å². The van der Waals surface area contributed by atoms with Gasteiger partial charge in [0.15, 0.2) is 5.16 Å². The van der Waals surface area contributed by atoms with Crippen LogP contribution in [0.2, 0.25) is 0 Å². The van der Waals surface area contributed by atoms with Crippen molar-refractivity contribution in [2.75, 3.05) is 18.7 Å². The van der Waals surface area contributed by atoms with E-state index in [2.05, 4.69) is 15.3 Å². The molecule has 1 aromatic carbocycles. The lowest BCUT2D eigenvalue weighted by Crippen LogP contribution is -2.31. The van der Waals surface area contributed by atoms with Crippen molar-refractivity contribution in [2.24, 2.45) is 0 Å². The first kappa shape index (κ1) is 14.6. The van der Waals surface area contributed by atoms with Gasteiger partial charge in [0.1, 0.15) is 11.6 Å². The number of ether oxygens (including phenoxy) is 1. The number of rotatable bonds is 3. The van der Waals surface area contributed by atoms with Crippen molar-refractivity contribution < 1.29 is 9.53 Å². The number of anilines is 1. The molecule has 0 saturated heterocycles. The number of nitrogens with zero attached hydrogens (tertiary/aromatic N) is 1. The monoisotopic (exact) mass is 317 g/mol. The number of hydrogen-bond donors (Lipinski definition) is 2. The zero-order valence-electron chi connectivity index (χ0n) is 12.2. The van der Waals surface area contributed by atoms with Crippen molar-refractivity contribution in [3.8, 4) is 5.75 Å². The van der Waals surface area contributed by atoms with E-state index in [4.69, 9.17) is 4.74 Å². The summed E-state index contributed by atoms with van der Waals surface area (Å²) in [4.78, 5) is 31.4. The minimum absolute atomic E-state index is 0.140. The van der Waals surface area contributed by atoms with Crippen molar-refractivity contribution >= 4 is 23.5 Å². The van der Waals surface area contributed by atoms with Gasteiger partial charge < -0.3 is 15.0 Å². The lowest BCUT2D eigenvalue weighted by Gasteiger charge is -2.24. The van der Waals surface area contributed by atoms with Crippen molar-refractivity contribution in [3.63, 3.8) is 0 Å². The number of methoxy groups -OCH3 is 1. The van der Waals surface area contributed by atoms with E-state index >= 15 is 0 Å². The summed E-state index contributed by atoms with van der Waals surface area (Å²) in [6, 6.07) is 7.38. The summed E-state index contributed by atoms with van der Waals surface area (Å²) in [5.74, 6) is 0.638. The molecule has 1 amide bonds. The molecule has 0 spiro atoms. The molecule has 0 aliphatic carbocycles. The number of carbonyl (C=O) groups excluding carboxylic acids is 1. The third-order valence-corrected chi connectivity index (χ3v) is 4.22. The Bertz CT molecular complexity index is 771. The molecule has 1 aliphatic heterocycles. The Hall–Kier alpha value is -2.28. The van der Waals surface area contributed by atoms with Gasteiger partial charge in [-0.1, -0.05) is 23.9 Å². The molecule has 2 heterocycles. The van der Waals surface area contributed by atoms with Gasteiger partial charge in [-0.05, 0) is 24.0 Å². The van der Waals surface area contributed by atoms with E-state index in [0.29, 0.717) is 16.5 Å². The van der Waals surface area contributed by atoms with Crippen molar-refractivity contribution in [1.82, 2.24) is 9.97 Å². The van der Waals surface area contributed by atoms with Gasteiger partial charge >= 0.3 is 0 Å². The maximum atomic E-state index is 12.4. The fourth-order valence-electron chi connectivity index (χ4n) is 2.57. The Balaban J connectivity index is 2.10. The van der Waals surface area contributed by atoms with Gasteiger partial charge in [0.05, 0.1) is 12.7 Å². The van der Waals surface area contributed by atoms with Gasteiger partial charge in [-0.25, -0.2) is 4.98 Å². The number of aromatic nitrogens is 2. The van der Waals surface area contributed by atoms with Crippen molar-refractivity contribution in [2.45, 2.75) is 17.5 Å². The van der Waals surface area contributed by atoms with Crippen LogP contribution in [0.1, 0.15) is 23.5 Å². The summed E-state index contributed by atoms with van der Waals surface area (Å²) in [7, 11) is 1.59. The molecule has 0 fully saturated rings. The highest BCUT2D eigenvalue weighted by atomic mass is 32.2. The third kappa shape index (κ3) is 2.59. The highest BCUT2D eigenvalue weighted by Gasteiger charge is 2.30. The molecule has 0 bridgehead atoms. The predicted octanol–water partition coefficient (Wildman–Crippen LogP) is 1.97. The molecule has 2 N–H and O–H groups in total. The highest BCUT2D eigenvalue weighted by molar-refractivity contribution is 7.98. The first-order chi connectivity index (χ1) is 10.6. The normalized spacial score (nSPS) is 16.8. The number of hydrogen-bond acceptors (Lipinski definition) is 5. The Morgan fingerprint density at radius 2 is 2.00 bits per heavy atom. The Morgan fingerprint density at radius 3 is 2.64 bits per heavy atom. The quantitative estimate of drug-likeness (QED) is 0.668. The lowest BCUT2D eigenvalue weighted by molar-refractivity contribution is -0.116. The Labute approximate surface area is 131 Å². The SMILES string of the molecule is COc1ccc(C2CC(=O)Nc3nc(SC)[nH]c(=O)c32)cc1. The number of fused-ring (bicyclic) bond motifs is 1. The highest BCUT2D eigenvalue weighted by Crippen LogP contribution is 2.34. The number of amides is 1. The van der Waals surface area contributed by atoms with Crippen LogP contribution in [0, 0.1) is 0 Å². The van der Waals surface area contributed by atoms with E-state index in [1.165, 1.54) is 11.8 Å². The first-order valence-corrected chi connectivity index (χ1v) is 7.97. The van der Waals surface area contributed by atoms with Crippen LogP contribution < -0.4 is 15.6 Å². The number of H-pyrrole nitrogens is 1. The van der Waals surface area contributed by atoms with Crippen LogP contribution in [0.15, 0.2) is 34.2 Å². The molecular weight excluding hydrogens is 302 g/mol. The zero-order chi connectivity index (χ0) is 15.7. The van der Waals surface area contributed by atoms with E-state index in [1.807, 2.05) is 30.5 Å². The number of benzene rings is 1. The fraction of sp³-hybridized carbons (Fsp3) is 0.267. The molecule has 1 aliphatic rings. The molecule has 0 saturated carbocycles. The molecule has 1 atom stereocenters. The van der Waals surface area contributed by atoms with Crippen LogP contribution in [0.25, 0.3) is 0 Å². The molecule has 1 unspecified atom stereocenters. The largest absolute Gasteiger partial charge is 0.497 e. The smallest absolute Gasteiger partial charge is 0.257 e. The van der Waals surface area contributed by atoms with Crippen LogP contribution in [0.3, 0.4) is 0 Å². The first-order valence-electron chi connectivity index (χ1n) is 6.74. The van der Waals surface area contributed by atoms with Crippen LogP contribution >= 0.6 is 11.8 Å². The Morgan fingerprint density at radius 1 is 1.27 bits per heavy atom. The molecule has 0 radical (unpaired) electrons. The van der Waals surface area contributed by atoms with E-state index in [-0.39, 0.29) is 23.8 Å². The van der Waals surface area contributed by atoms with Crippen LogP contribution in [0.4, 0.5) is 5.82 Å². The number of carbonyl (C=O) groups is 1. The van der Waals surface area contributed by atoms with E-state index in [0.717, 1.165) is 11.3 Å². The average molecular weight is 317 g/mol. The van der Waals surface area contributed by atoms with E-state index in [1.54, 1.807) is 7.11 Å². The molecule has 3 rings (SSSR count). The van der Waals surface area contributed by atoms with Crippen molar-refractivity contribution in [1.29, 1.82) is 0 Å². The van der Waals surface area contributed by atoms with Crippen LogP contribution in [0.5, 0.6) is 5.75 Å². The Kier molecular flexibility index (Phi) is 3.89. The van der Waals surface area contributed by atoms with E-state index < -0.39 is 0 Å². The van der Waals surface area contributed by atoms with Gasteiger partial charge in [-0.3, -0.25) is 9.59 Å². The second-order valence-electron chi connectivity index (χ2n) is 4.92. The van der Waals surface area contributed by atoms with Crippen molar-refractivity contribution in [3.05, 3.63) is 45.7 Å². The summed E-state index contributed by atoms with van der Waals surface area (Å²) in [5, 5.41) is 3.18. The molecule has 114 valence electrons. The molecule has 2 aromatic rings. The minimum Gasteiger partial charge on any atom is -0.497 e.